The summed E-state index contributed by atoms with van der Waals surface area (Å²) in [6.45, 7) is 0. The van der Waals surface area contributed by atoms with Crippen LogP contribution in [0.15, 0.2) is 24.3 Å². The second kappa shape index (κ2) is 3.27. The first-order valence-electron chi connectivity index (χ1n) is 4.60. The molecule has 2 rings (SSSR count). The molecule has 1 nitrogen and oxygen atoms in total. The van der Waals surface area contributed by atoms with Crippen LogP contribution in [0.3, 0.4) is 0 Å². The monoisotopic (exact) mass is 211 g/mol. The van der Waals surface area contributed by atoms with Crippen molar-refractivity contribution in [1.82, 2.24) is 0 Å². The lowest BCUT2D eigenvalue weighted by Gasteiger charge is -2.06. The highest BCUT2D eigenvalue weighted by Crippen LogP contribution is 2.56. The average molecular weight is 211 g/mol. The third-order valence-corrected chi connectivity index (χ3v) is 2.69. The summed E-state index contributed by atoms with van der Waals surface area (Å²) in [4.78, 5) is 0. The van der Waals surface area contributed by atoms with E-state index in [9.17, 15) is 13.2 Å². The quantitative estimate of drug-likeness (QED) is 0.699. The third-order valence-electron chi connectivity index (χ3n) is 2.69. The summed E-state index contributed by atoms with van der Waals surface area (Å²) >= 11 is 0. The first-order chi connectivity index (χ1) is 7.04. The maximum Gasteiger partial charge on any atom is 0.392 e. The van der Waals surface area contributed by atoms with Crippen molar-refractivity contribution in [2.75, 3.05) is 0 Å². The fourth-order valence-corrected chi connectivity index (χ4v) is 1.82. The first kappa shape index (κ1) is 10.0. The van der Waals surface area contributed by atoms with Crippen LogP contribution in [-0.4, -0.2) is 6.18 Å². The molecule has 1 fully saturated rings. The number of nitrogens with zero attached hydrogens (tertiary/aromatic N) is 1. The van der Waals surface area contributed by atoms with Crippen LogP contribution < -0.4 is 0 Å². The van der Waals surface area contributed by atoms with Crippen molar-refractivity contribution in [3.8, 4) is 6.07 Å². The van der Waals surface area contributed by atoms with Gasteiger partial charge in [0.25, 0.3) is 0 Å². The van der Waals surface area contributed by atoms with Crippen molar-refractivity contribution < 1.29 is 13.2 Å². The Morgan fingerprint density at radius 3 is 2.47 bits per heavy atom. The van der Waals surface area contributed by atoms with Crippen molar-refractivity contribution in [2.24, 2.45) is 5.92 Å². The van der Waals surface area contributed by atoms with E-state index in [4.69, 9.17) is 5.26 Å². The van der Waals surface area contributed by atoms with Gasteiger partial charge in [-0.15, -0.1) is 0 Å². The minimum atomic E-state index is -4.13. The van der Waals surface area contributed by atoms with E-state index in [0.717, 1.165) is 0 Å². The maximum atomic E-state index is 12.3. The zero-order chi connectivity index (χ0) is 11.1. The average Bonchev–Trinajstić information content (AvgIpc) is 2.96. The summed E-state index contributed by atoms with van der Waals surface area (Å²) in [7, 11) is 0. The number of hydrogen-bond acceptors (Lipinski definition) is 1. The highest BCUT2D eigenvalue weighted by Gasteiger charge is 2.56. The van der Waals surface area contributed by atoms with Crippen LogP contribution in [0, 0.1) is 17.2 Å². The molecule has 1 aromatic carbocycles. The molecule has 0 saturated heterocycles. The van der Waals surface area contributed by atoms with E-state index >= 15 is 0 Å². The summed E-state index contributed by atoms with van der Waals surface area (Å²) < 4.78 is 37.0. The minimum Gasteiger partial charge on any atom is -0.192 e. The number of benzene rings is 1. The van der Waals surface area contributed by atoms with Crippen LogP contribution in [0.4, 0.5) is 13.2 Å². The van der Waals surface area contributed by atoms with Gasteiger partial charge in [0.05, 0.1) is 17.6 Å². The van der Waals surface area contributed by atoms with Crippen LogP contribution in [-0.2, 0) is 0 Å². The van der Waals surface area contributed by atoms with E-state index in [1.54, 1.807) is 24.3 Å². The number of nitriles is 1. The fraction of sp³-hybridized carbons (Fsp3) is 0.364. The van der Waals surface area contributed by atoms with Crippen LogP contribution in [0.25, 0.3) is 0 Å². The summed E-state index contributed by atoms with van der Waals surface area (Å²) in [5.41, 5.74) is 0.886. The van der Waals surface area contributed by atoms with Crippen molar-refractivity contribution in [2.45, 2.75) is 18.5 Å². The largest absolute Gasteiger partial charge is 0.392 e. The van der Waals surface area contributed by atoms with E-state index in [1.807, 2.05) is 6.07 Å². The summed E-state index contributed by atoms with van der Waals surface area (Å²) in [5, 5.41) is 8.75. The molecule has 1 aliphatic rings. The number of alkyl halides is 3. The zero-order valence-electron chi connectivity index (χ0n) is 7.75. The first-order valence-corrected chi connectivity index (χ1v) is 4.60. The van der Waals surface area contributed by atoms with Crippen molar-refractivity contribution >= 4 is 0 Å². The molecule has 0 heterocycles. The van der Waals surface area contributed by atoms with E-state index in [-0.39, 0.29) is 6.42 Å². The Morgan fingerprint density at radius 1 is 1.27 bits per heavy atom. The van der Waals surface area contributed by atoms with E-state index < -0.39 is 18.0 Å². The van der Waals surface area contributed by atoms with Gasteiger partial charge in [-0.1, -0.05) is 18.2 Å². The van der Waals surface area contributed by atoms with Crippen LogP contribution >= 0.6 is 0 Å². The van der Waals surface area contributed by atoms with Crippen molar-refractivity contribution in [3.63, 3.8) is 0 Å². The highest BCUT2D eigenvalue weighted by molar-refractivity contribution is 5.42. The Balaban J connectivity index is 2.24. The number of rotatable bonds is 1. The Kier molecular flexibility index (Phi) is 2.18. The normalized spacial score (nSPS) is 24.7. The predicted molar refractivity (Wildman–Crippen MR) is 48.1 cm³/mol. The van der Waals surface area contributed by atoms with Crippen LogP contribution in [0.5, 0.6) is 0 Å². The topological polar surface area (TPSA) is 23.8 Å². The Hall–Kier alpha value is -1.50. The van der Waals surface area contributed by atoms with Gasteiger partial charge in [-0.05, 0) is 24.0 Å². The SMILES string of the molecule is N#Cc1ccccc1[C@@H]1C[C@H]1C(F)(F)F. The van der Waals surface area contributed by atoms with E-state index in [1.165, 1.54) is 0 Å². The second-order valence-corrected chi connectivity index (χ2v) is 3.69. The molecule has 2 atom stereocenters. The Morgan fingerprint density at radius 2 is 1.93 bits per heavy atom. The lowest BCUT2D eigenvalue weighted by Crippen LogP contribution is -2.11. The molecule has 0 radical (unpaired) electrons. The summed E-state index contributed by atoms with van der Waals surface area (Å²) in [6, 6.07) is 8.41. The van der Waals surface area contributed by atoms with Gasteiger partial charge in [0, 0.05) is 0 Å². The Labute approximate surface area is 85.1 Å². The van der Waals surface area contributed by atoms with Crippen LogP contribution in [0.2, 0.25) is 0 Å². The number of halogens is 3. The molecule has 1 aliphatic carbocycles. The second-order valence-electron chi connectivity index (χ2n) is 3.69. The lowest BCUT2D eigenvalue weighted by molar-refractivity contribution is -0.148. The lowest BCUT2D eigenvalue weighted by atomic mass is 10.0. The van der Waals surface area contributed by atoms with E-state index in [2.05, 4.69) is 0 Å². The van der Waals surface area contributed by atoms with Gasteiger partial charge < -0.3 is 0 Å². The van der Waals surface area contributed by atoms with Gasteiger partial charge in [0.15, 0.2) is 0 Å². The molecule has 4 heteroatoms. The smallest absolute Gasteiger partial charge is 0.192 e. The van der Waals surface area contributed by atoms with Crippen molar-refractivity contribution in [3.05, 3.63) is 35.4 Å². The van der Waals surface area contributed by atoms with Gasteiger partial charge in [0.2, 0.25) is 0 Å². The Bertz CT molecular complexity index is 417. The summed E-state index contributed by atoms with van der Waals surface area (Å²) in [5.74, 6) is -1.77. The zero-order valence-corrected chi connectivity index (χ0v) is 7.75. The minimum absolute atomic E-state index is 0.113. The number of hydrogen-bond donors (Lipinski definition) is 0. The van der Waals surface area contributed by atoms with Gasteiger partial charge in [-0.3, -0.25) is 0 Å². The molecule has 0 spiro atoms. The fourth-order valence-electron chi connectivity index (χ4n) is 1.82. The van der Waals surface area contributed by atoms with E-state index in [0.29, 0.717) is 11.1 Å². The van der Waals surface area contributed by atoms with Crippen LogP contribution in [0.1, 0.15) is 23.5 Å². The van der Waals surface area contributed by atoms with Gasteiger partial charge >= 0.3 is 6.18 Å². The predicted octanol–water partition coefficient (Wildman–Crippen LogP) is 3.22. The third kappa shape index (κ3) is 1.82. The molecule has 0 amide bonds. The molecule has 0 aliphatic heterocycles. The molecule has 1 saturated carbocycles. The molecule has 15 heavy (non-hydrogen) atoms. The molecule has 0 aromatic heterocycles. The van der Waals surface area contributed by atoms with Gasteiger partial charge in [0.1, 0.15) is 0 Å². The van der Waals surface area contributed by atoms with Crippen molar-refractivity contribution in [1.29, 1.82) is 5.26 Å². The molecular weight excluding hydrogens is 203 g/mol. The summed E-state index contributed by atoms with van der Waals surface area (Å²) in [6.07, 6.45) is -4.02. The molecule has 0 N–H and O–H groups in total. The maximum absolute atomic E-state index is 12.3. The molecule has 1 aromatic rings. The standard InChI is InChI=1S/C11H8F3N/c12-11(13,14)10-5-9(10)8-4-2-1-3-7(8)6-15/h1-4,9-10H,5H2/t9-,10+/m0/s1. The van der Waals surface area contributed by atoms with Gasteiger partial charge in [-0.25, -0.2) is 0 Å². The highest BCUT2D eigenvalue weighted by atomic mass is 19.4. The molecule has 0 bridgehead atoms. The molecule has 78 valence electrons. The molecular formula is C11H8F3N. The van der Waals surface area contributed by atoms with Gasteiger partial charge in [-0.2, -0.15) is 18.4 Å². The molecule has 0 unspecified atom stereocenters.